The number of hydrogen-bond donors (Lipinski definition) is 0. The van der Waals surface area contributed by atoms with E-state index in [0.717, 1.165) is 5.33 Å². The van der Waals surface area contributed by atoms with Gasteiger partial charge in [0.15, 0.2) is 0 Å². The summed E-state index contributed by atoms with van der Waals surface area (Å²) in [6.45, 7) is 0. The van der Waals surface area contributed by atoms with Crippen molar-refractivity contribution in [2.24, 2.45) is 0 Å². The fraction of sp³-hybridized carbons (Fsp3) is 0.111. The lowest BCUT2D eigenvalue weighted by Gasteiger charge is -2.46. The molecule has 0 N–H and O–H groups in total. The molecule has 0 aliphatic heterocycles. The molecule has 1 spiro atoms. The molecule has 4 aromatic carbocycles. The maximum absolute atomic E-state index is 4.16. The van der Waals surface area contributed by atoms with Crippen LogP contribution in [0.25, 0.3) is 11.1 Å². The summed E-state index contributed by atoms with van der Waals surface area (Å²) in [5, 5.41) is 0.813. The first-order valence-electron chi connectivity index (χ1n) is 9.87. The van der Waals surface area contributed by atoms with Crippen LogP contribution in [0.2, 0.25) is 0 Å². The summed E-state index contributed by atoms with van der Waals surface area (Å²) in [5.74, 6) is 0. The lowest BCUT2D eigenvalue weighted by Crippen LogP contribution is -2.41. The Bertz CT molecular complexity index is 1180. The predicted molar refractivity (Wildman–Crippen MR) is 127 cm³/mol. The minimum Gasteiger partial charge on any atom is -0.0905 e. The first-order valence-corrected chi connectivity index (χ1v) is 11.8. The average Bonchev–Trinajstić information content (AvgIpc) is 3.09. The molecule has 2 heteroatoms. The van der Waals surface area contributed by atoms with Crippen molar-refractivity contribution in [1.29, 1.82) is 0 Å². The molecule has 4 aromatic rings. The van der Waals surface area contributed by atoms with Crippen molar-refractivity contribution in [3.05, 3.63) is 130 Å². The SMILES string of the molecule is BrCC1(Br)c2ccccc2C2(c3ccccc3-c3ccccc32)c2ccccc21. The highest BCUT2D eigenvalue weighted by molar-refractivity contribution is 9.12. The van der Waals surface area contributed by atoms with Gasteiger partial charge in [-0.05, 0) is 44.5 Å². The zero-order chi connectivity index (χ0) is 19.6. The van der Waals surface area contributed by atoms with Crippen molar-refractivity contribution in [3.63, 3.8) is 0 Å². The standard InChI is InChI=1S/C27H18Br2/c28-17-26(29)22-13-5-7-15-24(22)27(25-16-8-6-14-23(25)26)20-11-3-1-9-18(20)19-10-2-4-12-21(19)27/h1-16H,17H2. The first-order chi connectivity index (χ1) is 14.2. The van der Waals surface area contributed by atoms with E-state index in [1.54, 1.807) is 0 Å². The molecule has 29 heavy (non-hydrogen) atoms. The third-order valence-corrected chi connectivity index (χ3v) is 9.38. The molecule has 0 unspecified atom stereocenters. The van der Waals surface area contributed by atoms with E-state index in [1.165, 1.54) is 44.5 Å². The van der Waals surface area contributed by atoms with Gasteiger partial charge in [0, 0.05) is 5.33 Å². The number of halogens is 2. The summed E-state index contributed by atoms with van der Waals surface area (Å²) in [6.07, 6.45) is 0. The molecule has 140 valence electrons. The molecule has 0 saturated carbocycles. The number of alkyl halides is 2. The summed E-state index contributed by atoms with van der Waals surface area (Å²) < 4.78 is -0.252. The zero-order valence-electron chi connectivity index (χ0n) is 15.7. The monoisotopic (exact) mass is 500 g/mol. The second kappa shape index (κ2) is 6.17. The number of benzene rings is 4. The molecule has 0 aromatic heterocycles. The maximum Gasteiger partial charge on any atom is 0.0857 e. The van der Waals surface area contributed by atoms with Gasteiger partial charge in [0.25, 0.3) is 0 Å². The van der Waals surface area contributed by atoms with Crippen LogP contribution < -0.4 is 0 Å². The molecule has 2 aliphatic rings. The van der Waals surface area contributed by atoms with Crippen molar-refractivity contribution in [1.82, 2.24) is 0 Å². The van der Waals surface area contributed by atoms with Crippen molar-refractivity contribution < 1.29 is 0 Å². The van der Waals surface area contributed by atoms with E-state index in [4.69, 9.17) is 0 Å². The van der Waals surface area contributed by atoms with Gasteiger partial charge >= 0.3 is 0 Å². The van der Waals surface area contributed by atoms with Crippen LogP contribution >= 0.6 is 31.9 Å². The van der Waals surface area contributed by atoms with Crippen LogP contribution in [-0.2, 0) is 9.74 Å². The molecule has 0 heterocycles. The van der Waals surface area contributed by atoms with Crippen LogP contribution in [-0.4, -0.2) is 5.33 Å². The second-order valence-corrected chi connectivity index (χ2v) is 9.78. The topological polar surface area (TPSA) is 0 Å². The number of hydrogen-bond acceptors (Lipinski definition) is 0. The molecule has 0 atom stereocenters. The van der Waals surface area contributed by atoms with Gasteiger partial charge in [-0.3, -0.25) is 0 Å². The van der Waals surface area contributed by atoms with Crippen LogP contribution in [0.4, 0.5) is 0 Å². The van der Waals surface area contributed by atoms with E-state index < -0.39 is 0 Å². The molecule has 0 fully saturated rings. The second-order valence-electron chi connectivity index (χ2n) is 7.87. The van der Waals surface area contributed by atoms with Gasteiger partial charge in [-0.15, -0.1) is 0 Å². The van der Waals surface area contributed by atoms with Gasteiger partial charge in [0.05, 0.1) is 9.74 Å². The van der Waals surface area contributed by atoms with Crippen LogP contribution in [0.5, 0.6) is 0 Å². The van der Waals surface area contributed by atoms with Crippen LogP contribution in [0, 0.1) is 0 Å². The highest BCUT2D eigenvalue weighted by Gasteiger charge is 2.54. The lowest BCUT2D eigenvalue weighted by molar-refractivity contribution is 0.672. The van der Waals surface area contributed by atoms with Gasteiger partial charge < -0.3 is 0 Å². The largest absolute Gasteiger partial charge is 0.0905 e. The Morgan fingerprint density at radius 2 is 0.828 bits per heavy atom. The van der Waals surface area contributed by atoms with E-state index in [1.807, 2.05) is 0 Å². The van der Waals surface area contributed by atoms with Crippen LogP contribution in [0.15, 0.2) is 97.1 Å². The van der Waals surface area contributed by atoms with Gasteiger partial charge in [-0.1, -0.05) is 129 Å². The summed E-state index contributed by atoms with van der Waals surface area (Å²) >= 11 is 7.98. The van der Waals surface area contributed by atoms with Crippen LogP contribution in [0.1, 0.15) is 33.4 Å². The van der Waals surface area contributed by atoms with Crippen LogP contribution in [0.3, 0.4) is 0 Å². The van der Waals surface area contributed by atoms with Crippen molar-refractivity contribution in [2.75, 3.05) is 5.33 Å². The Balaban J connectivity index is 1.87. The third kappa shape index (κ3) is 2.04. The minimum atomic E-state index is -0.292. The van der Waals surface area contributed by atoms with Crippen molar-refractivity contribution >= 4 is 31.9 Å². The van der Waals surface area contributed by atoms with Gasteiger partial charge in [-0.2, -0.15) is 0 Å². The van der Waals surface area contributed by atoms with Gasteiger partial charge in [0.2, 0.25) is 0 Å². The fourth-order valence-corrected chi connectivity index (χ4v) is 6.86. The minimum absolute atomic E-state index is 0.252. The van der Waals surface area contributed by atoms with Crippen molar-refractivity contribution in [3.8, 4) is 11.1 Å². The molecule has 0 nitrogen and oxygen atoms in total. The predicted octanol–water partition coefficient (Wildman–Crippen LogP) is 7.40. The van der Waals surface area contributed by atoms with E-state index in [2.05, 4.69) is 129 Å². The Morgan fingerprint density at radius 3 is 1.24 bits per heavy atom. The molecule has 6 rings (SSSR count). The van der Waals surface area contributed by atoms with E-state index in [-0.39, 0.29) is 9.74 Å². The number of fused-ring (bicyclic) bond motifs is 9. The first kappa shape index (κ1) is 17.7. The molecular weight excluding hydrogens is 484 g/mol. The van der Waals surface area contributed by atoms with Gasteiger partial charge in [-0.25, -0.2) is 0 Å². The Labute approximate surface area is 187 Å². The molecule has 0 saturated heterocycles. The zero-order valence-corrected chi connectivity index (χ0v) is 18.9. The fourth-order valence-electron chi connectivity index (χ4n) is 5.56. The summed E-state index contributed by atoms with van der Waals surface area (Å²) in [6, 6.07) is 35.7. The summed E-state index contributed by atoms with van der Waals surface area (Å²) in [4.78, 5) is 0. The Morgan fingerprint density at radius 1 is 0.483 bits per heavy atom. The molecule has 0 amide bonds. The van der Waals surface area contributed by atoms with E-state index in [0.29, 0.717) is 0 Å². The quantitative estimate of drug-likeness (QED) is 0.210. The summed E-state index contributed by atoms with van der Waals surface area (Å²) in [7, 11) is 0. The Hall–Kier alpha value is -2.16. The summed E-state index contributed by atoms with van der Waals surface area (Å²) in [5.41, 5.74) is 10.6. The smallest absolute Gasteiger partial charge is 0.0857 e. The maximum atomic E-state index is 4.16. The van der Waals surface area contributed by atoms with E-state index in [9.17, 15) is 0 Å². The lowest BCUT2D eigenvalue weighted by atomic mass is 9.59. The molecular formula is C27H18Br2. The van der Waals surface area contributed by atoms with E-state index >= 15 is 0 Å². The molecule has 0 bridgehead atoms. The third-order valence-electron chi connectivity index (χ3n) is 6.65. The Kier molecular flexibility index (Phi) is 3.76. The molecule has 0 radical (unpaired) electrons. The highest BCUT2D eigenvalue weighted by Crippen LogP contribution is 2.63. The normalized spacial score (nSPS) is 16.6. The van der Waals surface area contributed by atoms with Gasteiger partial charge in [0.1, 0.15) is 0 Å². The average molecular weight is 502 g/mol. The highest BCUT2D eigenvalue weighted by atomic mass is 79.9. The molecule has 2 aliphatic carbocycles. The number of rotatable bonds is 1. The van der Waals surface area contributed by atoms with Crippen molar-refractivity contribution in [2.45, 2.75) is 9.74 Å².